The lowest BCUT2D eigenvalue weighted by molar-refractivity contribution is 0.101. The zero-order chi connectivity index (χ0) is 12.4. The summed E-state index contributed by atoms with van der Waals surface area (Å²) in [6, 6.07) is 5.61. The van der Waals surface area contributed by atoms with Gasteiger partial charge in [0.2, 0.25) is 0 Å². The minimum Gasteiger partial charge on any atom is -0.370 e. The van der Waals surface area contributed by atoms with Crippen LogP contribution in [0.3, 0.4) is 0 Å². The third-order valence-corrected chi connectivity index (χ3v) is 3.65. The van der Waals surface area contributed by atoms with Gasteiger partial charge in [-0.1, -0.05) is 18.5 Å². The highest BCUT2D eigenvalue weighted by Crippen LogP contribution is 2.30. The van der Waals surface area contributed by atoms with Crippen LogP contribution < -0.4 is 4.90 Å². The van der Waals surface area contributed by atoms with E-state index in [0.29, 0.717) is 16.5 Å². The Bertz CT molecular complexity index is 430. The van der Waals surface area contributed by atoms with Crippen LogP contribution in [0.15, 0.2) is 18.2 Å². The zero-order valence-corrected chi connectivity index (χ0v) is 11.1. The lowest BCUT2D eigenvalue weighted by Crippen LogP contribution is -2.34. The Morgan fingerprint density at radius 3 is 2.82 bits per heavy atom. The first-order valence-corrected chi connectivity index (χ1v) is 6.51. The Kier molecular flexibility index (Phi) is 3.72. The first-order chi connectivity index (χ1) is 8.08. The molecule has 0 aromatic heterocycles. The van der Waals surface area contributed by atoms with Gasteiger partial charge in [0.1, 0.15) is 0 Å². The normalized spacial score (nSPS) is 20.4. The maximum Gasteiger partial charge on any atom is 0.159 e. The van der Waals surface area contributed by atoms with Gasteiger partial charge in [-0.25, -0.2) is 0 Å². The molecule has 1 aromatic carbocycles. The van der Waals surface area contributed by atoms with Crippen LogP contribution in [0.5, 0.6) is 0 Å². The molecule has 2 rings (SSSR count). The molecule has 0 unspecified atom stereocenters. The van der Waals surface area contributed by atoms with E-state index >= 15 is 0 Å². The van der Waals surface area contributed by atoms with Crippen LogP contribution in [0.25, 0.3) is 0 Å². The number of carbonyl (C=O) groups excluding carboxylic acids is 1. The van der Waals surface area contributed by atoms with Gasteiger partial charge in [-0.3, -0.25) is 4.79 Å². The van der Waals surface area contributed by atoms with Crippen molar-refractivity contribution in [1.29, 1.82) is 0 Å². The molecular weight excluding hydrogens is 234 g/mol. The second-order valence-electron chi connectivity index (χ2n) is 4.92. The lowest BCUT2D eigenvalue weighted by Gasteiger charge is -2.33. The molecule has 3 heteroatoms. The largest absolute Gasteiger partial charge is 0.370 e. The predicted molar refractivity (Wildman–Crippen MR) is 72.1 cm³/mol. The van der Waals surface area contributed by atoms with Crippen LogP contribution in [-0.4, -0.2) is 18.9 Å². The fourth-order valence-electron chi connectivity index (χ4n) is 2.39. The molecule has 0 bridgehead atoms. The van der Waals surface area contributed by atoms with E-state index in [4.69, 9.17) is 11.6 Å². The first-order valence-electron chi connectivity index (χ1n) is 6.13. The summed E-state index contributed by atoms with van der Waals surface area (Å²) in [6.45, 7) is 5.95. The number of nitrogens with zero attached hydrogens (tertiary/aromatic N) is 1. The molecule has 1 aliphatic heterocycles. The van der Waals surface area contributed by atoms with Crippen molar-refractivity contribution in [2.45, 2.75) is 26.7 Å². The molecule has 1 aromatic rings. The number of ketones is 1. The van der Waals surface area contributed by atoms with Crippen molar-refractivity contribution in [2.24, 2.45) is 5.92 Å². The molecule has 0 radical (unpaired) electrons. The average Bonchev–Trinajstić information content (AvgIpc) is 2.28. The minimum atomic E-state index is 0.0606. The van der Waals surface area contributed by atoms with Crippen molar-refractivity contribution >= 4 is 23.1 Å². The molecule has 0 spiro atoms. The topological polar surface area (TPSA) is 20.3 Å². The smallest absolute Gasteiger partial charge is 0.159 e. The Morgan fingerprint density at radius 2 is 2.24 bits per heavy atom. The van der Waals surface area contributed by atoms with Crippen molar-refractivity contribution in [3.05, 3.63) is 28.8 Å². The van der Waals surface area contributed by atoms with Crippen molar-refractivity contribution < 1.29 is 4.79 Å². The second kappa shape index (κ2) is 5.09. The van der Waals surface area contributed by atoms with E-state index in [2.05, 4.69) is 11.8 Å². The van der Waals surface area contributed by atoms with Gasteiger partial charge in [0, 0.05) is 18.7 Å². The van der Waals surface area contributed by atoms with Crippen LogP contribution in [-0.2, 0) is 0 Å². The van der Waals surface area contributed by atoms with Crippen LogP contribution in [0.4, 0.5) is 5.69 Å². The lowest BCUT2D eigenvalue weighted by atomic mass is 9.99. The number of anilines is 1. The quantitative estimate of drug-likeness (QED) is 0.746. The number of benzene rings is 1. The number of hydrogen-bond acceptors (Lipinski definition) is 2. The maximum absolute atomic E-state index is 11.3. The third-order valence-electron chi connectivity index (χ3n) is 3.35. The number of carbonyl (C=O) groups is 1. The Morgan fingerprint density at radius 1 is 1.47 bits per heavy atom. The molecule has 1 atom stereocenters. The summed E-state index contributed by atoms with van der Waals surface area (Å²) in [5.41, 5.74) is 1.74. The summed E-state index contributed by atoms with van der Waals surface area (Å²) < 4.78 is 0. The van der Waals surface area contributed by atoms with Crippen molar-refractivity contribution in [3.63, 3.8) is 0 Å². The molecule has 0 N–H and O–H groups in total. The van der Waals surface area contributed by atoms with E-state index in [1.807, 2.05) is 12.1 Å². The number of Topliss-reactive ketones (excluding diaryl/α,β-unsaturated/α-hetero) is 1. The molecule has 92 valence electrons. The summed E-state index contributed by atoms with van der Waals surface area (Å²) in [5, 5.41) is 0.687. The van der Waals surface area contributed by atoms with Gasteiger partial charge in [-0.05, 0) is 43.9 Å². The summed E-state index contributed by atoms with van der Waals surface area (Å²) in [4.78, 5) is 13.6. The number of hydrogen-bond donors (Lipinski definition) is 0. The van der Waals surface area contributed by atoms with Gasteiger partial charge in [0.15, 0.2) is 5.78 Å². The highest BCUT2D eigenvalue weighted by molar-refractivity contribution is 6.33. The molecule has 1 heterocycles. The standard InChI is InChI=1S/C14H18ClNO/c1-10-4-3-7-16(9-10)14-6-5-12(11(2)17)8-13(14)15/h5-6,8,10H,3-4,7,9H2,1-2H3/t10-/m1/s1. The molecule has 17 heavy (non-hydrogen) atoms. The van der Waals surface area contributed by atoms with Crippen LogP contribution in [0, 0.1) is 5.92 Å². The Hall–Kier alpha value is -1.02. The number of rotatable bonds is 2. The van der Waals surface area contributed by atoms with Crippen molar-refractivity contribution in [3.8, 4) is 0 Å². The van der Waals surface area contributed by atoms with Crippen LogP contribution in [0.1, 0.15) is 37.0 Å². The third kappa shape index (κ3) is 2.81. The van der Waals surface area contributed by atoms with E-state index in [-0.39, 0.29) is 5.78 Å². The Labute approximate surface area is 108 Å². The van der Waals surface area contributed by atoms with Gasteiger partial charge in [0.25, 0.3) is 0 Å². The van der Waals surface area contributed by atoms with E-state index < -0.39 is 0 Å². The monoisotopic (exact) mass is 251 g/mol. The van der Waals surface area contributed by atoms with Crippen LogP contribution >= 0.6 is 11.6 Å². The molecule has 0 saturated carbocycles. The molecule has 1 saturated heterocycles. The van der Waals surface area contributed by atoms with Crippen molar-refractivity contribution in [1.82, 2.24) is 0 Å². The molecule has 0 aliphatic carbocycles. The average molecular weight is 252 g/mol. The summed E-state index contributed by atoms with van der Waals surface area (Å²) in [7, 11) is 0. The van der Waals surface area contributed by atoms with E-state index in [1.165, 1.54) is 12.8 Å². The van der Waals surface area contributed by atoms with Crippen molar-refractivity contribution in [2.75, 3.05) is 18.0 Å². The van der Waals surface area contributed by atoms with Gasteiger partial charge < -0.3 is 4.90 Å². The van der Waals surface area contributed by atoms with Crippen LogP contribution in [0.2, 0.25) is 5.02 Å². The number of piperidine rings is 1. The van der Waals surface area contributed by atoms with E-state index in [0.717, 1.165) is 18.8 Å². The second-order valence-corrected chi connectivity index (χ2v) is 5.32. The Balaban J connectivity index is 2.23. The summed E-state index contributed by atoms with van der Waals surface area (Å²) in [5.74, 6) is 0.776. The van der Waals surface area contributed by atoms with E-state index in [9.17, 15) is 4.79 Å². The molecule has 1 aliphatic rings. The number of halogens is 1. The maximum atomic E-state index is 11.3. The van der Waals surface area contributed by atoms with E-state index in [1.54, 1.807) is 13.0 Å². The fraction of sp³-hybridized carbons (Fsp3) is 0.500. The van der Waals surface area contributed by atoms with Gasteiger partial charge >= 0.3 is 0 Å². The zero-order valence-electron chi connectivity index (χ0n) is 10.4. The SMILES string of the molecule is CC(=O)c1ccc(N2CCC[C@@H](C)C2)c(Cl)c1. The molecule has 0 amide bonds. The summed E-state index contributed by atoms with van der Waals surface area (Å²) >= 11 is 6.26. The van der Waals surface area contributed by atoms with Gasteiger partial charge in [0.05, 0.1) is 10.7 Å². The molecule has 2 nitrogen and oxygen atoms in total. The highest BCUT2D eigenvalue weighted by Gasteiger charge is 2.18. The fourth-order valence-corrected chi connectivity index (χ4v) is 2.69. The van der Waals surface area contributed by atoms with Gasteiger partial charge in [-0.15, -0.1) is 0 Å². The molecular formula is C14H18ClNO. The molecule has 1 fully saturated rings. The minimum absolute atomic E-state index is 0.0606. The highest BCUT2D eigenvalue weighted by atomic mass is 35.5. The first kappa shape index (κ1) is 12.4. The van der Waals surface area contributed by atoms with Gasteiger partial charge in [-0.2, -0.15) is 0 Å². The summed E-state index contributed by atoms with van der Waals surface area (Å²) in [6.07, 6.45) is 2.51. The predicted octanol–water partition coefficient (Wildman–Crippen LogP) is 3.78.